The largest absolute Gasteiger partial charge is 0.345 e. The lowest BCUT2D eigenvalue weighted by atomic mass is 9.53. The molecule has 1 aromatic carbocycles. The number of rotatable bonds is 7. The van der Waals surface area contributed by atoms with Crippen LogP contribution in [0.4, 0.5) is 0 Å². The SMILES string of the molecule is O=CCCCCn1c(C(=O)NC23CC4CC(CC(C4)C2)C3)cc2ccccc21. The fourth-order valence-corrected chi connectivity index (χ4v) is 6.71. The molecule has 4 aliphatic rings. The molecular formula is C24H30N2O2. The van der Waals surface area contributed by atoms with Crippen LogP contribution in [0.2, 0.25) is 0 Å². The van der Waals surface area contributed by atoms with Gasteiger partial charge in [0.1, 0.15) is 12.0 Å². The standard InChI is InChI=1S/C24H30N2O2/c27-9-5-1-4-8-26-21-7-3-2-6-20(21)13-22(26)23(28)25-24-14-17-10-18(15-24)12-19(11-17)16-24/h2-3,6-7,9,13,17-19H,1,4-5,8,10-12,14-16H2,(H,25,28). The van der Waals surface area contributed by atoms with E-state index < -0.39 is 0 Å². The summed E-state index contributed by atoms with van der Waals surface area (Å²) in [6.07, 6.45) is 11.0. The van der Waals surface area contributed by atoms with Crippen LogP contribution in [0.5, 0.6) is 0 Å². The number of amides is 1. The minimum Gasteiger partial charge on any atom is -0.345 e. The first kappa shape index (κ1) is 18.0. The van der Waals surface area contributed by atoms with Gasteiger partial charge in [0.2, 0.25) is 0 Å². The highest BCUT2D eigenvalue weighted by Gasteiger charge is 2.51. The molecule has 4 saturated carbocycles. The number of hydrogen-bond donors (Lipinski definition) is 1. The zero-order valence-corrected chi connectivity index (χ0v) is 16.5. The van der Waals surface area contributed by atoms with Gasteiger partial charge in [-0.3, -0.25) is 4.79 Å². The molecule has 0 radical (unpaired) electrons. The number of aryl methyl sites for hydroxylation is 1. The highest BCUT2D eigenvalue weighted by molar-refractivity contribution is 5.99. The molecule has 4 fully saturated rings. The topological polar surface area (TPSA) is 51.1 Å². The van der Waals surface area contributed by atoms with Gasteiger partial charge < -0.3 is 14.7 Å². The lowest BCUT2D eigenvalue weighted by Crippen LogP contribution is -2.60. The summed E-state index contributed by atoms with van der Waals surface area (Å²) >= 11 is 0. The minimum atomic E-state index is 0.0324. The zero-order valence-electron chi connectivity index (χ0n) is 16.5. The number of para-hydroxylation sites is 1. The van der Waals surface area contributed by atoms with E-state index in [-0.39, 0.29) is 11.4 Å². The third-order valence-electron chi connectivity index (χ3n) is 7.41. The number of unbranched alkanes of at least 4 members (excludes halogenated alkanes) is 2. The van der Waals surface area contributed by atoms with Crippen molar-refractivity contribution in [3.63, 3.8) is 0 Å². The molecule has 0 saturated heterocycles. The molecule has 6 rings (SSSR count). The van der Waals surface area contributed by atoms with Crippen molar-refractivity contribution in [2.45, 2.75) is 69.9 Å². The second-order valence-corrected chi connectivity index (χ2v) is 9.55. The van der Waals surface area contributed by atoms with Crippen molar-refractivity contribution in [3.8, 4) is 0 Å². The Balaban J connectivity index is 1.40. The first-order valence-electron chi connectivity index (χ1n) is 11.0. The van der Waals surface area contributed by atoms with Gasteiger partial charge in [0.25, 0.3) is 5.91 Å². The maximum Gasteiger partial charge on any atom is 0.268 e. The molecule has 4 aliphatic carbocycles. The third kappa shape index (κ3) is 3.17. The van der Waals surface area contributed by atoms with Crippen LogP contribution in [-0.2, 0) is 11.3 Å². The van der Waals surface area contributed by atoms with Crippen LogP contribution in [0.1, 0.15) is 68.3 Å². The molecular weight excluding hydrogens is 348 g/mol. The van der Waals surface area contributed by atoms with Crippen molar-refractivity contribution in [3.05, 3.63) is 36.0 Å². The first-order chi connectivity index (χ1) is 13.7. The van der Waals surface area contributed by atoms with Crippen LogP contribution in [0, 0.1) is 17.8 Å². The summed E-state index contributed by atoms with van der Waals surface area (Å²) in [5, 5.41) is 4.65. The van der Waals surface area contributed by atoms with Gasteiger partial charge in [0.05, 0.1) is 0 Å². The van der Waals surface area contributed by atoms with Crippen LogP contribution >= 0.6 is 0 Å². The van der Waals surface area contributed by atoms with Gasteiger partial charge >= 0.3 is 0 Å². The smallest absolute Gasteiger partial charge is 0.268 e. The third-order valence-corrected chi connectivity index (χ3v) is 7.41. The Labute approximate surface area is 166 Å². The van der Waals surface area contributed by atoms with E-state index in [0.717, 1.165) is 60.0 Å². The normalized spacial score (nSPS) is 30.6. The Kier molecular flexibility index (Phi) is 4.53. The molecule has 4 nitrogen and oxygen atoms in total. The number of nitrogens with one attached hydrogen (secondary N) is 1. The van der Waals surface area contributed by atoms with E-state index in [1.807, 2.05) is 18.2 Å². The predicted molar refractivity (Wildman–Crippen MR) is 110 cm³/mol. The Morgan fingerprint density at radius 2 is 1.75 bits per heavy atom. The van der Waals surface area contributed by atoms with Gasteiger partial charge in [-0.2, -0.15) is 0 Å². The fourth-order valence-electron chi connectivity index (χ4n) is 6.71. The van der Waals surface area contributed by atoms with E-state index in [1.165, 1.54) is 38.5 Å². The summed E-state index contributed by atoms with van der Waals surface area (Å²) < 4.78 is 2.16. The van der Waals surface area contributed by atoms with Crippen molar-refractivity contribution < 1.29 is 9.59 Å². The second-order valence-electron chi connectivity index (χ2n) is 9.55. The van der Waals surface area contributed by atoms with Crippen molar-refractivity contribution >= 4 is 23.1 Å². The maximum absolute atomic E-state index is 13.4. The van der Waals surface area contributed by atoms with Gasteiger partial charge in [0.15, 0.2) is 0 Å². The highest BCUT2D eigenvalue weighted by Crippen LogP contribution is 2.55. The Morgan fingerprint density at radius 1 is 1.07 bits per heavy atom. The molecule has 2 aromatic rings. The summed E-state index contributed by atoms with van der Waals surface area (Å²) in [5.41, 5.74) is 1.93. The molecule has 1 heterocycles. The molecule has 0 atom stereocenters. The van der Waals surface area contributed by atoms with Crippen LogP contribution < -0.4 is 5.32 Å². The van der Waals surface area contributed by atoms with Crippen LogP contribution in [0.25, 0.3) is 10.9 Å². The van der Waals surface area contributed by atoms with Gasteiger partial charge in [0, 0.05) is 29.4 Å². The lowest BCUT2D eigenvalue weighted by Gasteiger charge is -2.56. The summed E-state index contributed by atoms with van der Waals surface area (Å²) in [6, 6.07) is 10.3. The maximum atomic E-state index is 13.4. The van der Waals surface area contributed by atoms with E-state index in [4.69, 9.17) is 0 Å². The van der Waals surface area contributed by atoms with Crippen molar-refractivity contribution in [2.24, 2.45) is 17.8 Å². The van der Waals surface area contributed by atoms with Crippen LogP contribution in [0.15, 0.2) is 30.3 Å². The van der Waals surface area contributed by atoms with E-state index in [2.05, 4.69) is 22.0 Å². The second kappa shape index (κ2) is 7.06. The number of carbonyl (C=O) groups is 2. The summed E-state index contributed by atoms with van der Waals surface area (Å²) in [4.78, 5) is 24.1. The zero-order chi connectivity index (χ0) is 19.1. The van der Waals surface area contributed by atoms with Crippen molar-refractivity contribution in [1.29, 1.82) is 0 Å². The fraction of sp³-hybridized carbons (Fsp3) is 0.583. The number of hydrogen-bond acceptors (Lipinski definition) is 2. The van der Waals surface area contributed by atoms with E-state index in [1.54, 1.807) is 0 Å². The highest BCUT2D eigenvalue weighted by atomic mass is 16.2. The number of fused-ring (bicyclic) bond motifs is 1. The molecule has 0 spiro atoms. The number of aromatic nitrogens is 1. The predicted octanol–water partition coefficient (Wildman–Crippen LogP) is 4.71. The number of nitrogens with zero attached hydrogens (tertiary/aromatic N) is 1. The molecule has 4 bridgehead atoms. The Hall–Kier alpha value is -2.10. The number of aldehydes is 1. The minimum absolute atomic E-state index is 0.0324. The molecule has 28 heavy (non-hydrogen) atoms. The van der Waals surface area contributed by atoms with Crippen LogP contribution in [-0.4, -0.2) is 22.3 Å². The number of carbonyl (C=O) groups excluding carboxylic acids is 2. The molecule has 148 valence electrons. The van der Waals surface area contributed by atoms with E-state index in [0.29, 0.717) is 6.42 Å². The molecule has 0 unspecified atom stereocenters. The van der Waals surface area contributed by atoms with Crippen molar-refractivity contribution in [1.82, 2.24) is 9.88 Å². The molecule has 1 amide bonds. The Bertz CT molecular complexity index is 862. The van der Waals surface area contributed by atoms with Gasteiger partial charge in [-0.25, -0.2) is 0 Å². The molecule has 1 aromatic heterocycles. The lowest BCUT2D eigenvalue weighted by molar-refractivity contribution is -0.107. The molecule has 1 N–H and O–H groups in total. The Morgan fingerprint density at radius 3 is 2.43 bits per heavy atom. The van der Waals surface area contributed by atoms with E-state index in [9.17, 15) is 9.59 Å². The summed E-state index contributed by atoms with van der Waals surface area (Å²) in [5.74, 6) is 2.55. The number of benzene rings is 1. The molecule has 0 aliphatic heterocycles. The monoisotopic (exact) mass is 378 g/mol. The quantitative estimate of drug-likeness (QED) is 0.560. The average Bonchev–Trinajstić information content (AvgIpc) is 3.03. The van der Waals surface area contributed by atoms with E-state index >= 15 is 0 Å². The van der Waals surface area contributed by atoms with Gasteiger partial charge in [-0.05, 0) is 81.3 Å². The van der Waals surface area contributed by atoms with Gasteiger partial charge in [-0.15, -0.1) is 0 Å². The summed E-state index contributed by atoms with van der Waals surface area (Å²) in [7, 11) is 0. The average molecular weight is 379 g/mol. The molecule has 4 heteroatoms. The van der Waals surface area contributed by atoms with Crippen LogP contribution in [0.3, 0.4) is 0 Å². The van der Waals surface area contributed by atoms with Crippen molar-refractivity contribution in [2.75, 3.05) is 0 Å². The summed E-state index contributed by atoms with van der Waals surface area (Å²) in [6.45, 7) is 0.783. The van der Waals surface area contributed by atoms with Gasteiger partial charge in [-0.1, -0.05) is 18.2 Å². The first-order valence-corrected chi connectivity index (χ1v) is 11.0.